The Balaban J connectivity index is 1.63. The lowest BCUT2D eigenvalue weighted by atomic mass is 10.1. The summed E-state index contributed by atoms with van der Waals surface area (Å²) in [5.74, 6) is 0.556. The van der Waals surface area contributed by atoms with Gasteiger partial charge in [0.15, 0.2) is 16.6 Å². The molecule has 2 aromatic heterocycles. The minimum absolute atomic E-state index is 0.0173. The normalized spacial score (nSPS) is 38.3. The van der Waals surface area contributed by atoms with Crippen LogP contribution in [0, 0.1) is 11.8 Å². The van der Waals surface area contributed by atoms with Crippen LogP contribution in [-0.2, 0) is 9.47 Å². The van der Waals surface area contributed by atoms with E-state index in [1.54, 1.807) is 6.33 Å². The Labute approximate surface area is 136 Å². The van der Waals surface area contributed by atoms with Crippen molar-refractivity contribution < 1.29 is 9.47 Å². The van der Waals surface area contributed by atoms with Crippen molar-refractivity contribution in [3.63, 3.8) is 0 Å². The van der Waals surface area contributed by atoms with Gasteiger partial charge in [-0.3, -0.25) is 0 Å². The Morgan fingerprint density at radius 2 is 1.95 bits per heavy atom. The van der Waals surface area contributed by atoms with E-state index in [4.69, 9.17) is 32.7 Å². The van der Waals surface area contributed by atoms with Crippen LogP contribution in [0.25, 0.3) is 11.2 Å². The fourth-order valence-corrected chi connectivity index (χ4v) is 4.52. The number of nitrogens with zero attached hydrogens (tertiary/aromatic N) is 4. The second kappa shape index (κ2) is 4.12. The molecule has 2 saturated carbocycles. The molecule has 3 aliphatic rings. The highest BCUT2D eigenvalue weighted by Crippen LogP contribution is 2.63. The summed E-state index contributed by atoms with van der Waals surface area (Å²) in [4.78, 5) is 12.6. The standard InChI is InChI=1S/C14H14Cl2N4O2/c1-14(2)21-9-6-3-5(6)8(10(9)22-14)20-4-17-7-11(15)18-13(16)19-12(7)20/h4-6,8-10H,3H2,1-2H3/t5?,6-,8-,9-,10+/m1/s1. The van der Waals surface area contributed by atoms with Gasteiger partial charge in [0, 0.05) is 0 Å². The van der Waals surface area contributed by atoms with Gasteiger partial charge >= 0.3 is 0 Å². The quantitative estimate of drug-likeness (QED) is 0.590. The third-order valence-corrected chi connectivity index (χ3v) is 5.36. The third kappa shape index (κ3) is 1.72. The smallest absolute Gasteiger partial charge is 0.225 e. The van der Waals surface area contributed by atoms with Crippen molar-refractivity contribution in [2.75, 3.05) is 0 Å². The Kier molecular flexibility index (Phi) is 2.52. The molecular formula is C14H14Cl2N4O2. The van der Waals surface area contributed by atoms with Gasteiger partial charge in [-0.25, -0.2) is 9.97 Å². The Morgan fingerprint density at radius 1 is 1.18 bits per heavy atom. The summed E-state index contributed by atoms with van der Waals surface area (Å²) in [6, 6.07) is 0.156. The Hall–Kier alpha value is -0.950. The first kappa shape index (κ1) is 13.5. The third-order valence-electron chi connectivity index (χ3n) is 4.92. The van der Waals surface area contributed by atoms with Crippen LogP contribution in [0.4, 0.5) is 0 Å². The summed E-state index contributed by atoms with van der Waals surface area (Å²) in [5, 5.41) is 0.407. The zero-order chi connectivity index (χ0) is 15.2. The number of hydrogen-bond acceptors (Lipinski definition) is 5. The zero-order valence-electron chi connectivity index (χ0n) is 12.0. The van der Waals surface area contributed by atoms with Crippen LogP contribution in [0.3, 0.4) is 0 Å². The molecule has 0 N–H and O–H groups in total. The average molecular weight is 341 g/mol. The maximum atomic E-state index is 6.14. The predicted molar refractivity (Wildman–Crippen MR) is 79.8 cm³/mol. The number of hydrogen-bond donors (Lipinski definition) is 0. The fourth-order valence-electron chi connectivity index (χ4n) is 4.10. The molecule has 1 unspecified atom stereocenters. The molecule has 8 heteroatoms. The highest BCUT2D eigenvalue weighted by molar-refractivity contribution is 6.35. The SMILES string of the molecule is CC1(C)O[C@@H]2[C@H](O1)[C@@H]1CC1[C@H]2n1cnc2c(Cl)nc(Cl)nc21. The number of rotatable bonds is 1. The lowest BCUT2D eigenvalue weighted by Crippen LogP contribution is -2.30. The first-order valence-electron chi connectivity index (χ1n) is 7.36. The van der Waals surface area contributed by atoms with E-state index in [9.17, 15) is 0 Å². The van der Waals surface area contributed by atoms with Gasteiger partial charge in [-0.05, 0) is 43.7 Å². The van der Waals surface area contributed by atoms with Gasteiger partial charge in [0.25, 0.3) is 0 Å². The molecule has 3 fully saturated rings. The van der Waals surface area contributed by atoms with E-state index in [1.807, 2.05) is 18.4 Å². The van der Waals surface area contributed by atoms with E-state index in [0.29, 0.717) is 23.0 Å². The molecule has 1 aliphatic heterocycles. The highest BCUT2D eigenvalue weighted by atomic mass is 35.5. The number of imidazole rings is 1. The van der Waals surface area contributed by atoms with Crippen LogP contribution in [0.2, 0.25) is 10.4 Å². The van der Waals surface area contributed by atoms with E-state index in [0.717, 1.165) is 6.42 Å². The molecule has 116 valence electrons. The molecule has 0 radical (unpaired) electrons. The maximum Gasteiger partial charge on any atom is 0.225 e. The molecule has 22 heavy (non-hydrogen) atoms. The van der Waals surface area contributed by atoms with Crippen LogP contribution in [0.5, 0.6) is 0 Å². The highest BCUT2D eigenvalue weighted by Gasteiger charge is 2.66. The Morgan fingerprint density at radius 3 is 2.77 bits per heavy atom. The number of ether oxygens (including phenoxy) is 2. The summed E-state index contributed by atoms with van der Waals surface area (Å²) < 4.78 is 14.2. The van der Waals surface area contributed by atoms with Crippen molar-refractivity contribution >= 4 is 34.4 Å². The lowest BCUT2D eigenvalue weighted by Gasteiger charge is -2.24. The number of fused-ring (bicyclic) bond motifs is 4. The van der Waals surface area contributed by atoms with Crippen LogP contribution in [0.1, 0.15) is 26.3 Å². The molecule has 0 aromatic carbocycles. The molecule has 2 aromatic rings. The maximum absolute atomic E-state index is 6.14. The van der Waals surface area contributed by atoms with E-state index in [1.165, 1.54) is 0 Å². The van der Waals surface area contributed by atoms with Crippen molar-refractivity contribution in [3.05, 3.63) is 16.8 Å². The molecule has 3 heterocycles. The summed E-state index contributed by atoms with van der Waals surface area (Å²) in [6.07, 6.45) is 3.08. The largest absolute Gasteiger partial charge is 0.344 e. The van der Waals surface area contributed by atoms with Gasteiger partial charge in [-0.2, -0.15) is 4.98 Å². The Bertz CT molecular complexity index is 792. The van der Waals surface area contributed by atoms with Gasteiger partial charge in [0.05, 0.1) is 18.5 Å². The first-order valence-corrected chi connectivity index (χ1v) is 8.11. The number of halogens is 2. The van der Waals surface area contributed by atoms with Crippen molar-refractivity contribution in [2.45, 2.75) is 44.3 Å². The molecule has 0 spiro atoms. The van der Waals surface area contributed by atoms with Crippen LogP contribution in [0.15, 0.2) is 6.33 Å². The summed E-state index contributed by atoms with van der Waals surface area (Å²) in [6.45, 7) is 3.92. The second-order valence-corrected chi connectivity index (χ2v) is 7.42. The van der Waals surface area contributed by atoms with Gasteiger partial charge in [-0.15, -0.1) is 0 Å². The summed E-state index contributed by atoms with van der Waals surface area (Å²) in [5.41, 5.74) is 1.24. The van der Waals surface area contributed by atoms with E-state index < -0.39 is 5.79 Å². The molecule has 6 nitrogen and oxygen atoms in total. The predicted octanol–water partition coefficient (Wildman–Crippen LogP) is 2.84. The average Bonchev–Trinajstić information content (AvgIpc) is 2.84. The van der Waals surface area contributed by atoms with E-state index >= 15 is 0 Å². The molecule has 0 bridgehead atoms. The van der Waals surface area contributed by atoms with Crippen molar-refractivity contribution in [1.29, 1.82) is 0 Å². The summed E-state index contributed by atoms with van der Waals surface area (Å²) >= 11 is 12.1. The van der Waals surface area contributed by atoms with Crippen LogP contribution < -0.4 is 0 Å². The molecule has 1 saturated heterocycles. The molecule has 2 aliphatic carbocycles. The monoisotopic (exact) mass is 340 g/mol. The molecular weight excluding hydrogens is 327 g/mol. The fraction of sp³-hybridized carbons (Fsp3) is 0.643. The van der Waals surface area contributed by atoms with Gasteiger partial charge in [-0.1, -0.05) is 11.6 Å². The van der Waals surface area contributed by atoms with Crippen LogP contribution >= 0.6 is 23.2 Å². The lowest BCUT2D eigenvalue weighted by molar-refractivity contribution is -0.156. The van der Waals surface area contributed by atoms with Gasteiger partial charge in [0.2, 0.25) is 5.28 Å². The topological polar surface area (TPSA) is 62.1 Å². The van der Waals surface area contributed by atoms with E-state index in [-0.39, 0.29) is 28.7 Å². The first-order chi connectivity index (χ1) is 10.4. The number of aromatic nitrogens is 4. The van der Waals surface area contributed by atoms with E-state index in [2.05, 4.69) is 15.0 Å². The van der Waals surface area contributed by atoms with Crippen molar-refractivity contribution in [3.8, 4) is 0 Å². The minimum Gasteiger partial charge on any atom is -0.344 e. The zero-order valence-corrected chi connectivity index (χ0v) is 13.5. The van der Waals surface area contributed by atoms with Gasteiger partial charge < -0.3 is 14.0 Å². The molecule has 5 atom stereocenters. The van der Waals surface area contributed by atoms with Gasteiger partial charge in [0.1, 0.15) is 11.6 Å². The molecule has 5 rings (SSSR count). The minimum atomic E-state index is -0.540. The van der Waals surface area contributed by atoms with Crippen molar-refractivity contribution in [2.24, 2.45) is 11.8 Å². The van der Waals surface area contributed by atoms with Crippen LogP contribution in [-0.4, -0.2) is 37.5 Å². The summed E-state index contributed by atoms with van der Waals surface area (Å²) in [7, 11) is 0. The molecule has 0 amide bonds. The second-order valence-electron chi connectivity index (χ2n) is 6.73. The van der Waals surface area contributed by atoms with Crippen molar-refractivity contribution in [1.82, 2.24) is 19.5 Å².